The van der Waals surface area contributed by atoms with Crippen LogP contribution in [-0.2, 0) is 4.79 Å². The van der Waals surface area contributed by atoms with Crippen LogP contribution in [0.3, 0.4) is 0 Å². The van der Waals surface area contributed by atoms with Gasteiger partial charge in [0, 0.05) is 10.9 Å². The molecule has 1 atom stereocenters. The summed E-state index contributed by atoms with van der Waals surface area (Å²) in [5, 5.41) is 11.4. The standard InChI is InChI=1S/C13H12FNO2S/c1-2-10(13(16)17)12-15-11(7-18-12)8-4-3-5-9(14)6-8/h3-7,10H,2H2,1H3,(H,16,17). The Kier molecular flexibility index (Phi) is 3.72. The smallest absolute Gasteiger partial charge is 0.313 e. The highest BCUT2D eigenvalue weighted by Gasteiger charge is 2.21. The van der Waals surface area contributed by atoms with E-state index in [4.69, 9.17) is 5.11 Å². The summed E-state index contributed by atoms with van der Waals surface area (Å²) in [5.74, 6) is -1.79. The Morgan fingerprint density at radius 1 is 1.56 bits per heavy atom. The maximum atomic E-state index is 13.1. The second-order valence-electron chi connectivity index (χ2n) is 3.88. The molecule has 1 aromatic carbocycles. The van der Waals surface area contributed by atoms with Crippen molar-refractivity contribution in [3.63, 3.8) is 0 Å². The first-order chi connectivity index (χ1) is 8.61. The van der Waals surface area contributed by atoms with Crippen LogP contribution in [0, 0.1) is 5.82 Å². The first-order valence-corrected chi connectivity index (χ1v) is 6.44. The van der Waals surface area contributed by atoms with Gasteiger partial charge in [-0.3, -0.25) is 4.79 Å². The van der Waals surface area contributed by atoms with E-state index in [-0.39, 0.29) is 5.82 Å². The van der Waals surface area contributed by atoms with Crippen molar-refractivity contribution in [2.24, 2.45) is 0 Å². The Balaban J connectivity index is 2.33. The Hall–Kier alpha value is -1.75. The molecule has 0 aliphatic heterocycles. The van der Waals surface area contributed by atoms with Crippen molar-refractivity contribution in [2.45, 2.75) is 19.3 Å². The average Bonchev–Trinajstić information content (AvgIpc) is 2.79. The fourth-order valence-electron chi connectivity index (χ4n) is 1.68. The average molecular weight is 265 g/mol. The molecule has 0 radical (unpaired) electrons. The predicted octanol–water partition coefficient (Wildman–Crippen LogP) is 3.53. The summed E-state index contributed by atoms with van der Waals surface area (Å²) in [5.41, 5.74) is 1.28. The largest absolute Gasteiger partial charge is 0.481 e. The number of hydrogen-bond donors (Lipinski definition) is 1. The molecule has 0 saturated heterocycles. The van der Waals surface area contributed by atoms with E-state index in [9.17, 15) is 9.18 Å². The highest BCUT2D eigenvalue weighted by Crippen LogP contribution is 2.28. The molecule has 1 unspecified atom stereocenters. The Labute approximate surface area is 108 Å². The van der Waals surface area contributed by atoms with Gasteiger partial charge in [-0.25, -0.2) is 9.37 Å². The van der Waals surface area contributed by atoms with Crippen LogP contribution in [-0.4, -0.2) is 16.1 Å². The van der Waals surface area contributed by atoms with E-state index in [0.717, 1.165) is 0 Å². The maximum Gasteiger partial charge on any atom is 0.313 e. The molecule has 94 valence electrons. The minimum Gasteiger partial charge on any atom is -0.481 e. The zero-order valence-corrected chi connectivity index (χ0v) is 10.6. The van der Waals surface area contributed by atoms with Crippen LogP contribution in [0.1, 0.15) is 24.3 Å². The SMILES string of the molecule is CCC(C(=O)O)c1nc(-c2cccc(F)c2)cs1. The maximum absolute atomic E-state index is 13.1. The van der Waals surface area contributed by atoms with Gasteiger partial charge in [-0.2, -0.15) is 0 Å². The Morgan fingerprint density at radius 2 is 2.33 bits per heavy atom. The minimum atomic E-state index is -0.877. The second-order valence-corrected chi connectivity index (χ2v) is 4.77. The molecular formula is C13H12FNO2S. The number of benzene rings is 1. The molecule has 1 aromatic heterocycles. The van der Waals surface area contributed by atoms with Crippen molar-refractivity contribution in [1.29, 1.82) is 0 Å². The van der Waals surface area contributed by atoms with Crippen LogP contribution >= 0.6 is 11.3 Å². The summed E-state index contributed by atoms with van der Waals surface area (Å²) in [6.07, 6.45) is 0.492. The van der Waals surface area contributed by atoms with E-state index in [2.05, 4.69) is 4.98 Å². The van der Waals surface area contributed by atoms with E-state index in [1.807, 2.05) is 6.92 Å². The number of aliphatic carboxylic acids is 1. The third-order valence-corrected chi connectivity index (χ3v) is 3.61. The van der Waals surface area contributed by atoms with Crippen molar-refractivity contribution in [3.8, 4) is 11.3 Å². The van der Waals surface area contributed by atoms with Gasteiger partial charge in [0.25, 0.3) is 0 Å². The Morgan fingerprint density at radius 3 is 2.94 bits per heavy atom. The summed E-state index contributed by atoms with van der Waals surface area (Å²) < 4.78 is 13.1. The zero-order valence-electron chi connectivity index (χ0n) is 9.76. The highest BCUT2D eigenvalue weighted by molar-refractivity contribution is 7.10. The van der Waals surface area contributed by atoms with Gasteiger partial charge in [-0.05, 0) is 18.6 Å². The predicted molar refractivity (Wildman–Crippen MR) is 68.2 cm³/mol. The molecule has 0 saturated carbocycles. The van der Waals surface area contributed by atoms with Crippen LogP contribution in [0.25, 0.3) is 11.3 Å². The van der Waals surface area contributed by atoms with Crippen molar-refractivity contribution >= 4 is 17.3 Å². The van der Waals surface area contributed by atoms with Crippen LogP contribution in [0.2, 0.25) is 0 Å². The van der Waals surface area contributed by atoms with E-state index < -0.39 is 11.9 Å². The number of rotatable bonds is 4. The van der Waals surface area contributed by atoms with Crippen LogP contribution in [0.4, 0.5) is 4.39 Å². The molecule has 2 rings (SSSR count). The topological polar surface area (TPSA) is 50.2 Å². The first kappa shape index (κ1) is 12.7. The summed E-state index contributed by atoms with van der Waals surface area (Å²) in [6.45, 7) is 1.81. The van der Waals surface area contributed by atoms with Gasteiger partial charge in [-0.15, -0.1) is 11.3 Å². The third kappa shape index (κ3) is 2.56. The number of thiazole rings is 1. The normalized spacial score (nSPS) is 12.3. The quantitative estimate of drug-likeness (QED) is 0.920. The molecule has 3 nitrogen and oxygen atoms in total. The molecule has 0 aliphatic carbocycles. The van der Waals surface area contributed by atoms with E-state index in [0.29, 0.717) is 22.7 Å². The zero-order chi connectivity index (χ0) is 13.1. The van der Waals surface area contributed by atoms with E-state index >= 15 is 0 Å². The molecule has 0 spiro atoms. The molecule has 18 heavy (non-hydrogen) atoms. The second kappa shape index (κ2) is 5.27. The molecule has 1 N–H and O–H groups in total. The molecule has 0 aliphatic rings. The lowest BCUT2D eigenvalue weighted by Crippen LogP contribution is -2.09. The number of carbonyl (C=O) groups is 1. The van der Waals surface area contributed by atoms with Crippen LogP contribution < -0.4 is 0 Å². The number of aromatic nitrogens is 1. The molecular weight excluding hydrogens is 253 g/mol. The number of carboxylic acid groups (broad SMARTS) is 1. The highest BCUT2D eigenvalue weighted by atomic mass is 32.1. The Bertz CT molecular complexity index is 568. The van der Waals surface area contributed by atoms with Gasteiger partial charge in [0.2, 0.25) is 0 Å². The fraction of sp³-hybridized carbons (Fsp3) is 0.231. The molecule has 0 bridgehead atoms. The van der Waals surface area contributed by atoms with Crippen molar-refractivity contribution < 1.29 is 14.3 Å². The number of halogens is 1. The summed E-state index contributed by atoms with van der Waals surface area (Å²) in [4.78, 5) is 15.3. The van der Waals surface area contributed by atoms with Crippen LogP contribution in [0.15, 0.2) is 29.6 Å². The summed E-state index contributed by atoms with van der Waals surface area (Å²) >= 11 is 1.30. The summed E-state index contributed by atoms with van der Waals surface area (Å²) in [6, 6.07) is 6.12. The van der Waals surface area contributed by atoms with Gasteiger partial charge in [-0.1, -0.05) is 19.1 Å². The van der Waals surface area contributed by atoms with Gasteiger partial charge in [0.15, 0.2) is 0 Å². The molecule has 1 heterocycles. The van der Waals surface area contributed by atoms with Gasteiger partial charge in [0.05, 0.1) is 5.69 Å². The van der Waals surface area contributed by atoms with E-state index in [1.54, 1.807) is 17.5 Å². The van der Waals surface area contributed by atoms with Crippen molar-refractivity contribution in [1.82, 2.24) is 4.98 Å². The first-order valence-electron chi connectivity index (χ1n) is 5.56. The van der Waals surface area contributed by atoms with Gasteiger partial charge >= 0.3 is 5.97 Å². The number of nitrogens with zero attached hydrogens (tertiary/aromatic N) is 1. The fourth-order valence-corrected chi connectivity index (χ4v) is 2.69. The van der Waals surface area contributed by atoms with Gasteiger partial charge in [0.1, 0.15) is 16.7 Å². The lowest BCUT2D eigenvalue weighted by Gasteiger charge is -2.04. The van der Waals surface area contributed by atoms with Gasteiger partial charge < -0.3 is 5.11 Å². The number of hydrogen-bond acceptors (Lipinski definition) is 3. The van der Waals surface area contributed by atoms with Crippen LogP contribution in [0.5, 0.6) is 0 Å². The van der Waals surface area contributed by atoms with Crippen molar-refractivity contribution in [3.05, 3.63) is 40.5 Å². The minimum absolute atomic E-state index is 0.327. The molecule has 0 fully saturated rings. The molecule has 5 heteroatoms. The van der Waals surface area contributed by atoms with Crippen molar-refractivity contribution in [2.75, 3.05) is 0 Å². The lowest BCUT2D eigenvalue weighted by molar-refractivity contribution is -0.138. The molecule has 0 amide bonds. The van der Waals surface area contributed by atoms with E-state index in [1.165, 1.54) is 23.5 Å². The monoisotopic (exact) mass is 265 g/mol. The lowest BCUT2D eigenvalue weighted by atomic mass is 10.1. The third-order valence-electron chi connectivity index (χ3n) is 2.65. The molecule has 2 aromatic rings. The number of carboxylic acids is 1. The summed E-state index contributed by atoms with van der Waals surface area (Å²) in [7, 11) is 0.